The van der Waals surface area contributed by atoms with Crippen molar-refractivity contribution in [1.82, 2.24) is 5.32 Å². The van der Waals surface area contributed by atoms with Crippen LogP contribution in [0.1, 0.15) is 20.3 Å². The molecule has 1 N–H and O–H groups in total. The minimum atomic E-state index is 0.411. The molecular formula is C9H17N. The Morgan fingerprint density at radius 3 is 2.50 bits per heavy atom. The van der Waals surface area contributed by atoms with Crippen LogP contribution in [-0.4, -0.2) is 13.6 Å². The second-order valence-corrected chi connectivity index (χ2v) is 2.82. The highest BCUT2D eigenvalue weighted by Crippen LogP contribution is 2.12. The van der Waals surface area contributed by atoms with Crippen LogP contribution in [0.4, 0.5) is 0 Å². The van der Waals surface area contributed by atoms with Crippen molar-refractivity contribution in [3.8, 4) is 12.3 Å². The van der Waals surface area contributed by atoms with E-state index < -0.39 is 0 Å². The summed E-state index contributed by atoms with van der Waals surface area (Å²) >= 11 is 0. The van der Waals surface area contributed by atoms with Crippen LogP contribution in [-0.2, 0) is 0 Å². The number of hydrogen-bond acceptors (Lipinski definition) is 1. The zero-order chi connectivity index (χ0) is 7.98. The fourth-order valence-corrected chi connectivity index (χ4v) is 0.786. The zero-order valence-electron chi connectivity index (χ0n) is 7.15. The van der Waals surface area contributed by atoms with Gasteiger partial charge >= 0.3 is 0 Å². The van der Waals surface area contributed by atoms with Gasteiger partial charge < -0.3 is 5.32 Å². The van der Waals surface area contributed by atoms with Gasteiger partial charge in [-0.3, -0.25) is 0 Å². The molecule has 0 aliphatic rings. The van der Waals surface area contributed by atoms with Crippen molar-refractivity contribution >= 4 is 0 Å². The molecule has 0 rings (SSSR count). The van der Waals surface area contributed by atoms with Gasteiger partial charge in [-0.1, -0.05) is 13.8 Å². The summed E-state index contributed by atoms with van der Waals surface area (Å²) in [6, 6.07) is 0. The normalized spacial score (nSPS) is 15.8. The van der Waals surface area contributed by atoms with Gasteiger partial charge in [0.2, 0.25) is 0 Å². The summed E-state index contributed by atoms with van der Waals surface area (Å²) in [4.78, 5) is 0. The van der Waals surface area contributed by atoms with Crippen molar-refractivity contribution in [2.24, 2.45) is 11.8 Å². The molecule has 0 saturated carbocycles. The molecule has 1 heteroatoms. The molecule has 0 aliphatic carbocycles. The topological polar surface area (TPSA) is 12.0 Å². The number of rotatable bonds is 4. The minimum Gasteiger partial charge on any atom is -0.320 e. The van der Waals surface area contributed by atoms with Gasteiger partial charge in [-0.15, -0.1) is 12.3 Å². The molecule has 10 heavy (non-hydrogen) atoms. The van der Waals surface area contributed by atoms with Crippen LogP contribution in [0.2, 0.25) is 0 Å². The van der Waals surface area contributed by atoms with Crippen LogP contribution in [0.25, 0.3) is 0 Å². The molecule has 0 aliphatic heterocycles. The van der Waals surface area contributed by atoms with Gasteiger partial charge in [-0.25, -0.2) is 0 Å². The molecule has 0 radical (unpaired) electrons. The Balaban J connectivity index is 3.43. The Morgan fingerprint density at radius 1 is 1.50 bits per heavy atom. The lowest BCUT2D eigenvalue weighted by Gasteiger charge is -2.13. The third-order valence-electron chi connectivity index (χ3n) is 1.97. The van der Waals surface area contributed by atoms with E-state index >= 15 is 0 Å². The molecule has 2 unspecified atom stereocenters. The summed E-state index contributed by atoms with van der Waals surface area (Å²) in [5.41, 5.74) is 0. The van der Waals surface area contributed by atoms with E-state index in [0.717, 1.165) is 6.54 Å². The molecule has 0 fully saturated rings. The third-order valence-corrected chi connectivity index (χ3v) is 1.97. The van der Waals surface area contributed by atoms with Crippen LogP contribution in [0.15, 0.2) is 0 Å². The van der Waals surface area contributed by atoms with E-state index in [0.29, 0.717) is 11.8 Å². The quantitative estimate of drug-likeness (QED) is 0.582. The first kappa shape index (κ1) is 9.52. The Hall–Kier alpha value is -0.480. The molecule has 1 nitrogen and oxygen atoms in total. The molecule has 0 aromatic rings. The molecule has 58 valence electrons. The van der Waals surface area contributed by atoms with Crippen molar-refractivity contribution in [1.29, 1.82) is 0 Å². The van der Waals surface area contributed by atoms with E-state index in [1.54, 1.807) is 0 Å². The summed E-state index contributed by atoms with van der Waals surface area (Å²) < 4.78 is 0. The number of nitrogens with one attached hydrogen (secondary N) is 1. The summed E-state index contributed by atoms with van der Waals surface area (Å²) in [5, 5.41) is 3.11. The van der Waals surface area contributed by atoms with Crippen molar-refractivity contribution in [3.63, 3.8) is 0 Å². The van der Waals surface area contributed by atoms with Gasteiger partial charge in [-0.2, -0.15) is 0 Å². The second-order valence-electron chi connectivity index (χ2n) is 2.82. The molecule has 0 aromatic heterocycles. The molecule has 0 aromatic carbocycles. The first-order valence-corrected chi connectivity index (χ1v) is 3.83. The summed E-state index contributed by atoms with van der Waals surface area (Å²) in [6.07, 6.45) is 6.44. The fraction of sp³-hybridized carbons (Fsp3) is 0.778. The lowest BCUT2D eigenvalue weighted by atomic mass is 9.94. The average Bonchev–Trinajstić information content (AvgIpc) is 1.98. The monoisotopic (exact) mass is 139 g/mol. The van der Waals surface area contributed by atoms with Gasteiger partial charge in [0.25, 0.3) is 0 Å². The maximum Gasteiger partial charge on any atom is 0.0198 e. The Bertz CT molecular complexity index is 112. The number of hydrogen-bond donors (Lipinski definition) is 1. The Labute approximate surface area is 64.2 Å². The van der Waals surface area contributed by atoms with Gasteiger partial charge in [0.1, 0.15) is 0 Å². The lowest BCUT2D eigenvalue weighted by Crippen LogP contribution is -2.15. The van der Waals surface area contributed by atoms with Crippen molar-refractivity contribution in [2.75, 3.05) is 13.6 Å². The zero-order valence-corrected chi connectivity index (χ0v) is 7.15. The largest absolute Gasteiger partial charge is 0.320 e. The maximum absolute atomic E-state index is 5.27. The summed E-state index contributed by atoms with van der Waals surface area (Å²) in [5.74, 6) is 3.79. The van der Waals surface area contributed by atoms with Crippen molar-refractivity contribution in [2.45, 2.75) is 20.3 Å². The van der Waals surface area contributed by atoms with Crippen LogP contribution in [0.3, 0.4) is 0 Å². The van der Waals surface area contributed by atoms with Gasteiger partial charge in [0, 0.05) is 5.92 Å². The highest BCUT2D eigenvalue weighted by atomic mass is 14.8. The third kappa shape index (κ3) is 3.53. The highest BCUT2D eigenvalue weighted by Gasteiger charge is 2.07. The smallest absolute Gasteiger partial charge is 0.0198 e. The Kier molecular flexibility index (Phi) is 5.06. The highest BCUT2D eigenvalue weighted by molar-refractivity contribution is 4.92. The van der Waals surface area contributed by atoms with E-state index in [1.807, 2.05) is 7.05 Å². The SMILES string of the molecule is C#CC(C)C(C)CCNC. The predicted octanol–water partition coefficient (Wildman–Crippen LogP) is 1.50. The van der Waals surface area contributed by atoms with E-state index in [2.05, 4.69) is 25.1 Å². The Morgan fingerprint density at radius 2 is 2.10 bits per heavy atom. The van der Waals surface area contributed by atoms with E-state index in [4.69, 9.17) is 6.42 Å². The maximum atomic E-state index is 5.27. The molecule has 0 heterocycles. The van der Waals surface area contributed by atoms with Gasteiger partial charge in [0.05, 0.1) is 0 Å². The van der Waals surface area contributed by atoms with Crippen molar-refractivity contribution < 1.29 is 0 Å². The lowest BCUT2D eigenvalue weighted by molar-refractivity contribution is 0.433. The average molecular weight is 139 g/mol. The molecule has 2 atom stereocenters. The first-order valence-electron chi connectivity index (χ1n) is 3.83. The van der Waals surface area contributed by atoms with Crippen LogP contribution < -0.4 is 5.32 Å². The summed E-state index contributed by atoms with van der Waals surface area (Å²) in [6.45, 7) is 5.36. The van der Waals surface area contributed by atoms with Crippen LogP contribution in [0, 0.1) is 24.2 Å². The molecular weight excluding hydrogens is 122 g/mol. The van der Waals surface area contributed by atoms with Crippen LogP contribution >= 0.6 is 0 Å². The standard InChI is InChI=1S/C9H17N/c1-5-8(2)9(3)6-7-10-4/h1,8-10H,6-7H2,2-4H3. The predicted molar refractivity (Wildman–Crippen MR) is 45.7 cm³/mol. The first-order chi connectivity index (χ1) is 4.72. The fourth-order valence-electron chi connectivity index (χ4n) is 0.786. The van der Waals surface area contributed by atoms with Crippen LogP contribution in [0.5, 0.6) is 0 Å². The second kappa shape index (κ2) is 5.32. The molecule has 0 bridgehead atoms. The van der Waals surface area contributed by atoms with E-state index in [-0.39, 0.29) is 0 Å². The minimum absolute atomic E-state index is 0.411. The molecule has 0 spiro atoms. The van der Waals surface area contributed by atoms with Crippen molar-refractivity contribution in [3.05, 3.63) is 0 Å². The molecule has 0 saturated heterocycles. The number of terminal acetylenes is 1. The molecule has 0 amide bonds. The van der Waals surface area contributed by atoms with E-state index in [9.17, 15) is 0 Å². The van der Waals surface area contributed by atoms with Gasteiger partial charge in [-0.05, 0) is 25.9 Å². The van der Waals surface area contributed by atoms with Gasteiger partial charge in [0.15, 0.2) is 0 Å². The summed E-state index contributed by atoms with van der Waals surface area (Å²) in [7, 11) is 1.97. The van der Waals surface area contributed by atoms with E-state index in [1.165, 1.54) is 6.42 Å².